The molecule has 4 nitrogen and oxygen atoms in total. The van der Waals surface area contributed by atoms with Crippen molar-refractivity contribution in [3.05, 3.63) is 47.1 Å². The fourth-order valence-electron chi connectivity index (χ4n) is 2.47. The molecule has 1 aromatic carbocycles. The topological polar surface area (TPSA) is 56.7 Å². The molecule has 2 N–H and O–H groups in total. The largest absolute Gasteiger partial charge is 0.328 e. The molecule has 1 atom stereocenters. The number of hydrogen-bond acceptors (Lipinski definition) is 3. The molecule has 0 aliphatic carbocycles. The molecule has 3 aromatic rings. The first kappa shape index (κ1) is 14.0. The van der Waals surface area contributed by atoms with Crippen LogP contribution in [-0.4, -0.2) is 21.1 Å². The van der Waals surface area contributed by atoms with Crippen LogP contribution >= 0.6 is 11.6 Å². The molecule has 2 heterocycles. The highest BCUT2D eigenvalue weighted by molar-refractivity contribution is 6.31. The van der Waals surface area contributed by atoms with Gasteiger partial charge in [0.15, 0.2) is 5.65 Å². The van der Waals surface area contributed by atoms with E-state index in [2.05, 4.69) is 41.6 Å². The second-order valence-corrected chi connectivity index (χ2v) is 5.69. The minimum absolute atomic E-state index is 0.110. The van der Waals surface area contributed by atoms with Gasteiger partial charge in [0.25, 0.3) is 0 Å². The highest BCUT2D eigenvalue weighted by Crippen LogP contribution is 2.28. The number of fused-ring (bicyclic) bond motifs is 1. The van der Waals surface area contributed by atoms with Gasteiger partial charge in [-0.2, -0.15) is 0 Å². The lowest BCUT2D eigenvalue weighted by Gasteiger charge is -2.15. The number of aryl methyl sites for hydroxylation is 1. The maximum absolute atomic E-state index is 6.03. The minimum Gasteiger partial charge on any atom is -0.328 e. The second-order valence-electron chi connectivity index (χ2n) is 5.26. The van der Waals surface area contributed by atoms with Crippen LogP contribution < -0.4 is 5.73 Å². The Morgan fingerprint density at radius 3 is 2.86 bits per heavy atom. The van der Waals surface area contributed by atoms with Gasteiger partial charge in [0.1, 0.15) is 11.3 Å². The van der Waals surface area contributed by atoms with Crippen molar-refractivity contribution in [2.75, 3.05) is 6.54 Å². The summed E-state index contributed by atoms with van der Waals surface area (Å²) in [6.07, 6.45) is 1.64. The third-order valence-corrected chi connectivity index (χ3v) is 3.76. The summed E-state index contributed by atoms with van der Waals surface area (Å²) < 4.78 is 2.08. The Bertz CT molecular complexity index is 794. The molecular formula is C16H17ClN4. The zero-order chi connectivity index (χ0) is 15.0. The van der Waals surface area contributed by atoms with E-state index in [1.807, 2.05) is 12.1 Å². The van der Waals surface area contributed by atoms with Crippen molar-refractivity contribution < 1.29 is 0 Å². The van der Waals surface area contributed by atoms with E-state index in [4.69, 9.17) is 22.3 Å². The van der Waals surface area contributed by atoms with E-state index < -0.39 is 0 Å². The molecule has 0 saturated carbocycles. The van der Waals surface area contributed by atoms with Crippen LogP contribution in [0.15, 0.2) is 36.5 Å². The van der Waals surface area contributed by atoms with Gasteiger partial charge in [0, 0.05) is 24.3 Å². The van der Waals surface area contributed by atoms with Crippen LogP contribution in [0, 0.1) is 6.92 Å². The number of imidazole rings is 1. The lowest BCUT2D eigenvalue weighted by Crippen LogP contribution is -2.17. The normalized spacial score (nSPS) is 12.8. The summed E-state index contributed by atoms with van der Waals surface area (Å²) >= 11 is 6.03. The average molecular weight is 301 g/mol. The van der Waals surface area contributed by atoms with Crippen LogP contribution in [0.3, 0.4) is 0 Å². The summed E-state index contributed by atoms with van der Waals surface area (Å²) in [7, 11) is 0. The summed E-state index contributed by atoms with van der Waals surface area (Å²) in [4.78, 5) is 9.15. The van der Waals surface area contributed by atoms with Crippen molar-refractivity contribution in [3.63, 3.8) is 0 Å². The Morgan fingerprint density at radius 1 is 1.33 bits per heavy atom. The third-order valence-electron chi connectivity index (χ3n) is 3.55. The predicted molar refractivity (Wildman–Crippen MR) is 86.5 cm³/mol. The number of hydrogen-bond donors (Lipinski definition) is 1. The molecule has 0 aliphatic rings. The van der Waals surface area contributed by atoms with Crippen LogP contribution in [0.5, 0.6) is 0 Å². The maximum Gasteiger partial charge on any atom is 0.160 e. The Kier molecular flexibility index (Phi) is 3.66. The first-order valence-electron chi connectivity index (χ1n) is 6.90. The minimum atomic E-state index is 0.110. The van der Waals surface area contributed by atoms with Gasteiger partial charge >= 0.3 is 0 Å². The van der Waals surface area contributed by atoms with E-state index in [1.165, 1.54) is 5.56 Å². The van der Waals surface area contributed by atoms with Gasteiger partial charge in [-0.1, -0.05) is 35.4 Å². The lowest BCUT2D eigenvalue weighted by molar-refractivity contribution is 0.575. The Labute approximate surface area is 128 Å². The standard InChI is InChI=1S/C16H17ClN4/c1-10-4-3-5-12(6-10)15-20-14-7-13(17)9-19-16(14)21(15)11(2)8-18/h3-7,9,11H,8,18H2,1-2H3. The predicted octanol–water partition coefficient (Wildman–Crippen LogP) is 3.58. The van der Waals surface area contributed by atoms with Crippen LogP contribution in [0.25, 0.3) is 22.6 Å². The second kappa shape index (κ2) is 5.47. The molecule has 0 bridgehead atoms. The fourth-order valence-corrected chi connectivity index (χ4v) is 2.62. The molecule has 0 saturated heterocycles. The first-order valence-corrected chi connectivity index (χ1v) is 7.28. The van der Waals surface area contributed by atoms with Crippen molar-refractivity contribution in [1.29, 1.82) is 0 Å². The molecule has 0 aliphatic heterocycles. The molecule has 0 fully saturated rings. The number of aromatic nitrogens is 3. The highest BCUT2D eigenvalue weighted by atomic mass is 35.5. The van der Waals surface area contributed by atoms with Gasteiger partial charge in [0.2, 0.25) is 0 Å². The van der Waals surface area contributed by atoms with Crippen LogP contribution in [0.2, 0.25) is 5.02 Å². The summed E-state index contributed by atoms with van der Waals surface area (Å²) in [6.45, 7) is 4.66. The smallest absolute Gasteiger partial charge is 0.160 e. The van der Waals surface area contributed by atoms with Crippen molar-refractivity contribution in [2.45, 2.75) is 19.9 Å². The number of nitrogens with zero attached hydrogens (tertiary/aromatic N) is 3. The molecule has 0 spiro atoms. The molecule has 2 aromatic heterocycles. The van der Waals surface area contributed by atoms with E-state index in [1.54, 1.807) is 6.20 Å². The zero-order valence-corrected chi connectivity index (χ0v) is 12.8. The molecule has 108 valence electrons. The fraction of sp³-hybridized carbons (Fsp3) is 0.250. The van der Waals surface area contributed by atoms with E-state index in [0.29, 0.717) is 11.6 Å². The first-order chi connectivity index (χ1) is 10.1. The lowest BCUT2D eigenvalue weighted by atomic mass is 10.1. The van der Waals surface area contributed by atoms with E-state index in [9.17, 15) is 0 Å². The number of pyridine rings is 1. The van der Waals surface area contributed by atoms with Gasteiger partial charge in [-0.3, -0.25) is 0 Å². The van der Waals surface area contributed by atoms with Crippen molar-refractivity contribution in [2.24, 2.45) is 5.73 Å². The Hall–Kier alpha value is -1.91. The summed E-state index contributed by atoms with van der Waals surface area (Å²) in [6, 6.07) is 10.2. The molecule has 21 heavy (non-hydrogen) atoms. The van der Waals surface area contributed by atoms with Crippen LogP contribution in [0.1, 0.15) is 18.5 Å². The maximum atomic E-state index is 6.03. The Morgan fingerprint density at radius 2 is 2.14 bits per heavy atom. The quantitative estimate of drug-likeness (QED) is 0.804. The number of benzene rings is 1. The van der Waals surface area contributed by atoms with Gasteiger partial charge < -0.3 is 10.3 Å². The van der Waals surface area contributed by atoms with Gasteiger partial charge in [0.05, 0.1) is 5.02 Å². The summed E-state index contributed by atoms with van der Waals surface area (Å²) in [5.41, 5.74) is 9.72. The van der Waals surface area contributed by atoms with Gasteiger partial charge in [-0.05, 0) is 26.0 Å². The molecule has 0 amide bonds. The van der Waals surface area contributed by atoms with Crippen molar-refractivity contribution in [3.8, 4) is 11.4 Å². The van der Waals surface area contributed by atoms with E-state index in [-0.39, 0.29) is 6.04 Å². The van der Waals surface area contributed by atoms with Gasteiger partial charge in [-0.25, -0.2) is 9.97 Å². The van der Waals surface area contributed by atoms with Gasteiger partial charge in [-0.15, -0.1) is 0 Å². The van der Waals surface area contributed by atoms with Crippen molar-refractivity contribution >= 4 is 22.8 Å². The van der Waals surface area contributed by atoms with Crippen LogP contribution in [-0.2, 0) is 0 Å². The van der Waals surface area contributed by atoms with E-state index >= 15 is 0 Å². The number of halogens is 1. The zero-order valence-electron chi connectivity index (χ0n) is 12.0. The van der Waals surface area contributed by atoms with E-state index in [0.717, 1.165) is 22.6 Å². The number of rotatable bonds is 3. The molecule has 0 radical (unpaired) electrons. The summed E-state index contributed by atoms with van der Waals surface area (Å²) in [5.74, 6) is 0.876. The monoisotopic (exact) mass is 300 g/mol. The third kappa shape index (κ3) is 2.52. The molecular weight excluding hydrogens is 284 g/mol. The molecule has 1 unspecified atom stereocenters. The molecule has 5 heteroatoms. The Balaban J connectivity index is 2.30. The van der Waals surface area contributed by atoms with Crippen LogP contribution in [0.4, 0.5) is 0 Å². The SMILES string of the molecule is Cc1cccc(-c2nc3cc(Cl)cnc3n2C(C)CN)c1. The molecule has 3 rings (SSSR count). The highest BCUT2D eigenvalue weighted by Gasteiger charge is 2.17. The number of nitrogens with two attached hydrogens (primary N) is 1. The average Bonchev–Trinajstić information content (AvgIpc) is 2.84. The summed E-state index contributed by atoms with van der Waals surface area (Å²) in [5, 5.41) is 0.586. The van der Waals surface area contributed by atoms with Crippen molar-refractivity contribution in [1.82, 2.24) is 14.5 Å².